The van der Waals surface area contributed by atoms with E-state index in [1.165, 1.54) is 22.4 Å². The molecule has 0 saturated heterocycles. The molecule has 0 atom stereocenters. The summed E-state index contributed by atoms with van der Waals surface area (Å²) in [7, 11) is 0. The highest BCUT2D eigenvalue weighted by atomic mass is 32.1. The van der Waals surface area contributed by atoms with Crippen molar-refractivity contribution in [2.45, 2.75) is 26.4 Å². The van der Waals surface area contributed by atoms with Crippen LogP contribution in [0.25, 0.3) is 11.3 Å². The first-order valence-corrected chi connectivity index (χ1v) is 10.5. The topological polar surface area (TPSA) is 46.0 Å². The molecule has 4 rings (SSSR count). The van der Waals surface area contributed by atoms with E-state index >= 15 is 0 Å². The van der Waals surface area contributed by atoms with Crippen molar-refractivity contribution in [1.29, 1.82) is 0 Å². The summed E-state index contributed by atoms with van der Waals surface area (Å²) in [5.41, 5.74) is 2.89. The molecular formula is C23H23F2N5S. The fourth-order valence-electron chi connectivity index (χ4n) is 3.64. The number of halogens is 2. The molecule has 8 heteroatoms. The normalized spacial score (nSPS) is 14.4. The summed E-state index contributed by atoms with van der Waals surface area (Å²) in [5.74, 6) is -1.19. The highest BCUT2D eigenvalue weighted by Gasteiger charge is 2.20. The summed E-state index contributed by atoms with van der Waals surface area (Å²) in [6.07, 6.45) is 4.14. The third-order valence-electron chi connectivity index (χ3n) is 5.21. The number of aromatic nitrogens is 3. The molecule has 1 N–H and O–H groups in total. The van der Waals surface area contributed by atoms with Gasteiger partial charge in [0.15, 0.2) is 0 Å². The molecule has 0 radical (unpaired) electrons. The third-order valence-corrected chi connectivity index (χ3v) is 5.36. The number of hydrogen-bond acceptors (Lipinski definition) is 4. The van der Waals surface area contributed by atoms with Gasteiger partial charge in [-0.1, -0.05) is 53.8 Å². The Kier molecular flexibility index (Phi) is 6.48. The lowest BCUT2D eigenvalue weighted by Crippen LogP contribution is -2.28. The second-order valence-corrected chi connectivity index (χ2v) is 8.16. The van der Waals surface area contributed by atoms with Crippen LogP contribution in [-0.2, 0) is 13.1 Å². The van der Waals surface area contributed by atoms with Crippen molar-refractivity contribution < 1.29 is 8.78 Å². The molecule has 2 aromatic carbocycles. The predicted molar refractivity (Wildman–Crippen MR) is 121 cm³/mol. The first-order chi connectivity index (χ1) is 15.0. The van der Waals surface area contributed by atoms with Gasteiger partial charge < -0.3 is 5.32 Å². The summed E-state index contributed by atoms with van der Waals surface area (Å²) < 4.78 is 31.2. The Morgan fingerprint density at radius 2 is 1.90 bits per heavy atom. The van der Waals surface area contributed by atoms with Crippen molar-refractivity contribution in [3.63, 3.8) is 0 Å². The van der Waals surface area contributed by atoms with Gasteiger partial charge in [0.1, 0.15) is 17.3 Å². The van der Waals surface area contributed by atoms with Crippen molar-refractivity contribution >= 4 is 22.8 Å². The number of hydrogen-bond donors (Lipinski definition) is 1. The number of nitrogens with one attached hydrogen (secondary N) is 1. The molecule has 5 nitrogen and oxygen atoms in total. The summed E-state index contributed by atoms with van der Waals surface area (Å²) >= 11 is 4.97. The summed E-state index contributed by atoms with van der Waals surface area (Å²) in [6.45, 7) is 4.40. The maximum absolute atomic E-state index is 14.9. The molecule has 31 heavy (non-hydrogen) atoms. The SMILES string of the molecule is CC(=S)NCc1cn(-c2cc(F)c(C3=CCN(Cc4ccccc4)CC3)c(F)c2)nn1. The molecule has 0 fully saturated rings. The maximum atomic E-state index is 14.9. The average Bonchev–Trinajstić information content (AvgIpc) is 3.23. The Balaban J connectivity index is 1.48. The molecule has 1 aromatic heterocycles. The van der Waals surface area contributed by atoms with Crippen LogP contribution in [0.3, 0.4) is 0 Å². The quantitative estimate of drug-likeness (QED) is 0.581. The predicted octanol–water partition coefficient (Wildman–Crippen LogP) is 4.27. The van der Waals surface area contributed by atoms with E-state index in [0.29, 0.717) is 41.5 Å². The van der Waals surface area contributed by atoms with E-state index in [9.17, 15) is 8.78 Å². The fourth-order valence-corrected chi connectivity index (χ4v) is 3.72. The molecule has 3 aromatic rings. The van der Waals surface area contributed by atoms with Crippen molar-refractivity contribution in [3.8, 4) is 5.69 Å². The second kappa shape index (κ2) is 9.45. The summed E-state index contributed by atoms with van der Waals surface area (Å²) in [6, 6.07) is 12.8. The highest BCUT2D eigenvalue weighted by molar-refractivity contribution is 7.80. The molecule has 0 aliphatic carbocycles. The zero-order valence-electron chi connectivity index (χ0n) is 17.2. The lowest BCUT2D eigenvalue weighted by molar-refractivity contribution is 0.293. The molecule has 0 unspecified atom stereocenters. The molecule has 0 spiro atoms. The zero-order valence-corrected chi connectivity index (χ0v) is 18.0. The van der Waals surface area contributed by atoms with Gasteiger partial charge in [-0.25, -0.2) is 13.5 Å². The highest BCUT2D eigenvalue weighted by Crippen LogP contribution is 2.29. The molecule has 0 bridgehead atoms. The van der Waals surface area contributed by atoms with Gasteiger partial charge in [0.25, 0.3) is 0 Å². The smallest absolute Gasteiger partial charge is 0.135 e. The maximum Gasteiger partial charge on any atom is 0.135 e. The Labute approximate surface area is 185 Å². The van der Waals surface area contributed by atoms with Crippen LogP contribution in [0.15, 0.2) is 54.7 Å². The standard InChI is InChI=1S/C23H23F2N5S/c1-16(31)26-13-19-15-30(28-27-19)20-11-21(24)23(22(25)12-20)18-7-9-29(10-8-18)14-17-5-3-2-4-6-17/h2-7,11-12,15H,8-10,13-14H2,1H3,(H,26,31). The van der Waals surface area contributed by atoms with E-state index in [1.54, 1.807) is 13.1 Å². The lowest BCUT2D eigenvalue weighted by Gasteiger charge is -2.27. The summed E-state index contributed by atoms with van der Waals surface area (Å²) in [5, 5.41) is 11.0. The first kappa shape index (κ1) is 21.3. The number of benzene rings is 2. The van der Waals surface area contributed by atoms with Crippen molar-refractivity contribution in [2.24, 2.45) is 0 Å². The van der Waals surface area contributed by atoms with E-state index in [2.05, 4.69) is 32.7 Å². The van der Waals surface area contributed by atoms with E-state index in [-0.39, 0.29) is 5.56 Å². The van der Waals surface area contributed by atoms with Crippen LogP contribution < -0.4 is 5.32 Å². The zero-order chi connectivity index (χ0) is 21.8. The van der Waals surface area contributed by atoms with E-state index in [1.807, 2.05) is 24.3 Å². The molecular weight excluding hydrogens is 416 g/mol. The third kappa shape index (κ3) is 5.21. The Morgan fingerprint density at radius 1 is 1.16 bits per heavy atom. The van der Waals surface area contributed by atoms with Gasteiger partial charge in [-0.05, 0) is 24.5 Å². The van der Waals surface area contributed by atoms with Crippen molar-refractivity contribution in [3.05, 3.63) is 83.2 Å². The van der Waals surface area contributed by atoms with Gasteiger partial charge in [-0.15, -0.1) is 5.10 Å². The second-order valence-electron chi connectivity index (χ2n) is 7.55. The van der Waals surface area contributed by atoms with E-state index in [0.717, 1.165) is 13.1 Å². The number of nitrogens with zero attached hydrogens (tertiary/aromatic N) is 4. The molecule has 0 saturated carbocycles. The van der Waals surface area contributed by atoms with Gasteiger partial charge >= 0.3 is 0 Å². The van der Waals surface area contributed by atoms with Crippen LogP contribution in [0.1, 0.15) is 30.2 Å². The van der Waals surface area contributed by atoms with Crippen LogP contribution in [0, 0.1) is 11.6 Å². The Hall–Kier alpha value is -2.97. The lowest BCUT2D eigenvalue weighted by atomic mass is 9.97. The Bertz CT molecular complexity index is 1090. The number of thiocarbonyl (C=S) groups is 1. The minimum absolute atomic E-state index is 0.0430. The van der Waals surface area contributed by atoms with Gasteiger partial charge in [-0.3, -0.25) is 4.90 Å². The van der Waals surface area contributed by atoms with Crippen molar-refractivity contribution in [1.82, 2.24) is 25.2 Å². The summed E-state index contributed by atoms with van der Waals surface area (Å²) in [4.78, 5) is 2.90. The molecule has 0 amide bonds. The van der Waals surface area contributed by atoms with Crippen LogP contribution >= 0.6 is 12.2 Å². The molecule has 1 aliphatic heterocycles. The van der Waals surface area contributed by atoms with Crippen LogP contribution in [0.5, 0.6) is 0 Å². The van der Waals surface area contributed by atoms with Crippen LogP contribution in [-0.4, -0.2) is 38.0 Å². The Morgan fingerprint density at radius 3 is 2.55 bits per heavy atom. The minimum atomic E-state index is -0.595. The van der Waals surface area contributed by atoms with Gasteiger partial charge in [-0.2, -0.15) is 0 Å². The van der Waals surface area contributed by atoms with E-state index < -0.39 is 11.6 Å². The molecule has 1 aliphatic rings. The fraction of sp³-hybridized carbons (Fsp3) is 0.261. The van der Waals surface area contributed by atoms with Crippen LogP contribution in [0.4, 0.5) is 8.78 Å². The average molecular weight is 440 g/mol. The van der Waals surface area contributed by atoms with E-state index in [4.69, 9.17) is 12.2 Å². The first-order valence-electron chi connectivity index (χ1n) is 10.1. The van der Waals surface area contributed by atoms with Gasteiger partial charge in [0.2, 0.25) is 0 Å². The molecule has 2 heterocycles. The van der Waals surface area contributed by atoms with Gasteiger partial charge in [0, 0.05) is 37.3 Å². The largest absolute Gasteiger partial charge is 0.374 e. The minimum Gasteiger partial charge on any atom is -0.374 e. The van der Waals surface area contributed by atoms with Crippen molar-refractivity contribution in [2.75, 3.05) is 13.1 Å². The van der Waals surface area contributed by atoms with Crippen LogP contribution in [0.2, 0.25) is 0 Å². The molecule has 160 valence electrons. The van der Waals surface area contributed by atoms with Gasteiger partial charge in [0.05, 0.1) is 23.4 Å². The number of rotatable bonds is 6. The monoisotopic (exact) mass is 439 g/mol.